The molecule has 0 spiro atoms. The summed E-state index contributed by atoms with van der Waals surface area (Å²) < 4.78 is 36.2. The van der Waals surface area contributed by atoms with Crippen LogP contribution in [0.15, 0.2) is 75.7 Å². The second kappa shape index (κ2) is 8.54. The first-order valence-electron chi connectivity index (χ1n) is 10.5. The fourth-order valence-corrected chi connectivity index (χ4v) is 4.50. The highest BCUT2D eigenvalue weighted by atomic mass is 32.2. The lowest BCUT2D eigenvalue weighted by Gasteiger charge is -2.26. The first-order chi connectivity index (χ1) is 16.0. The van der Waals surface area contributed by atoms with Crippen molar-refractivity contribution in [2.75, 3.05) is 0 Å². The molecule has 1 heterocycles. The van der Waals surface area contributed by atoms with Crippen molar-refractivity contribution in [3.8, 4) is 11.4 Å². The van der Waals surface area contributed by atoms with Gasteiger partial charge in [-0.3, -0.25) is 14.4 Å². The van der Waals surface area contributed by atoms with Crippen molar-refractivity contribution in [3.05, 3.63) is 93.4 Å². The molecule has 1 atom stereocenters. The van der Waals surface area contributed by atoms with Gasteiger partial charge in [0.1, 0.15) is 5.75 Å². The minimum atomic E-state index is -4.78. The van der Waals surface area contributed by atoms with Crippen molar-refractivity contribution >= 4 is 21.4 Å². The molecule has 34 heavy (non-hydrogen) atoms. The molecule has 0 bridgehead atoms. The minimum absolute atomic E-state index is 0.0389. The third-order valence-electron chi connectivity index (χ3n) is 5.90. The van der Waals surface area contributed by atoms with Crippen LogP contribution in [0.2, 0.25) is 0 Å². The van der Waals surface area contributed by atoms with E-state index in [0.717, 1.165) is 11.1 Å². The molecule has 1 aliphatic carbocycles. The second-order valence-corrected chi connectivity index (χ2v) is 9.92. The highest BCUT2D eigenvalue weighted by molar-refractivity contribution is 7.87. The summed E-state index contributed by atoms with van der Waals surface area (Å²) in [6.07, 6.45) is 3.98. The van der Waals surface area contributed by atoms with E-state index in [0.29, 0.717) is 22.5 Å². The van der Waals surface area contributed by atoms with E-state index >= 15 is 0 Å². The number of hydrogen-bond donors (Lipinski definition) is 3. The van der Waals surface area contributed by atoms with Gasteiger partial charge in [0.25, 0.3) is 15.7 Å². The summed E-state index contributed by atoms with van der Waals surface area (Å²) in [7, 11) is -4.78. The predicted molar refractivity (Wildman–Crippen MR) is 129 cm³/mol. The van der Waals surface area contributed by atoms with Gasteiger partial charge in [-0.15, -0.1) is 5.11 Å². The Morgan fingerprint density at radius 1 is 1.09 bits per heavy atom. The van der Waals surface area contributed by atoms with Crippen molar-refractivity contribution < 1.29 is 18.1 Å². The van der Waals surface area contributed by atoms with Gasteiger partial charge in [-0.2, -0.15) is 13.5 Å². The summed E-state index contributed by atoms with van der Waals surface area (Å²) in [5.41, 5.74) is 3.33. The molecule has 2 aromatic carbocycles. The van der Waals surface area contributed by atoms with Crippen LogP contribution in [0.3, 0.4) is 0 Å². The molecule has 0 aliphatic heterocycles. The Morgan fingerprint density at radius 3 is 2.50 bits per heavy atom. The summed E-state index contributed by atoms with van der Waals surface area (Å²) in [5, 5.41) is 21.1. The Labute approximate surface area is 196 Å². The Kier molecular flexibility index (Phi) is 5.88. The van der Waals surface area contributed by atoms with Crippen LogP contribution < -0.4 is 5.56 Å². The van der Waals surface area contributed by atoms with Gasteiger partial charge in [0, 0.05) is 12.0 Å². The van der Waals surface area contributed by atoms with E-state index in [2.05, 4.69) is 15.3 Å². The lowest BCUT2D eigenvalue weighted by Crippen LogP contribution is -2.35. The number of H-pyrrole nitrogens is 1. The number of phenols is 1. The smallest absolute Gasteiger partial charge is 0.299 e. The number of allylic oxidation sites excluding steroid dienone is 2. The van der Waals surface area contributed by atoms with Gasteiger partial charge in [-0.05, 0) is 61.7 Å². The number of hydrogen-bond acceptors (Lipinski definition) is 6. The number of rotatable bonds is 5. The molecule has 1 aromatic heterocycles. The Morgan fingerprint density at radius 2 is 1.82 bits per heavy atom. The van der Waals surface area contributed by atoms with Crippen LogP contribution in [-0.2, 0) is 10.1 Å². The number of para-hydroxylation sites is 1. The van der Waals surface area contributed by atoms with Gasteiger partial charge >= 0.3 is 0 Å². The Hall–Kier alpha value is -3.76. The van der Waals surface area contributed by atoms with E-state index in [4.69, 9.17) is 0 Å². The third-order valence-corrected chi connectivity index (χ3v) is 7.16. The standard InChI is InChI=1S/C24H24N4O5S/c1-15-10-11-19(13-16(15)2)28-23(30)22(17(3)26-28)25-27-24(34(31,32)33)12-6-7-18(14-24)20-8-4-5-9-21(20)29/h4-13,26,29H,14H2,1-3H3,(H,31,32,33). The molecule has 1 aliphatic rings. The molecule has 3 aromatic rings. The molecule has 9 nitrogen and oxygen atoms in total. The molecule has 4 rings (SSSR count). The molecule has 176 valence electrons. The molecule has 1 unspecified atom stereocenters. The minimum Gasteiger partial charge on any atom is -0.507 e. The van der Waals surface area contributed by atoms with Crippen LogP contribution in [-0.4, -0.2) is 32.7 Å². The highest BCUT2D eigenvalue weighted by Crippen LogP contribution is 2.39. The van der Waals surface area contributed by atoms with Crippen molar-refractivity contribution in [2.45, 2.75) is 32.1 Å². The third kappa shape index (κ3) is 4.13. The fourth-order valence-electron chi connectivity index (χ4n) is 3.77. The van der Waals surface area contributed by atoms with E-state index in [-0.39, 0.29) is 17.9 Å². The average Bonchev–Trinajstić information content (AvgIpc) is 3.07. The van der Waals surface area contributed by atoms with Gasteiger partial charge < -0.3 is 5.11 Å². The number of phenolic OH excluding ortho intramolecular Hbond substituents is 1. The van der Waals surface area contributed by atoms with Gasteiger partial charge in [-0.25, -0.2) is 4.68 Å². The van der Waals surface area contributed by atoms with Crippen LogP contribution >= 0.6 is 0 Å². The summed E-state index contributed by atoms with van der Waals surface area (Å²) >= 11 is 0. The zero-order chi connectivity index (χ0) is 24.7. The fraction of sp³-hybridized carbons (Fsp3) is 0.208. The number of aryl methyl sites for hydroxylation is 3. The van der Waals surface area contributed by atoms with Crippen molar-refractivity contribution in [1.82, 2.24) is 9.78 Å². The Bertz CT molecular complexity index is 1530. The Balaban J connectivity index is 1.75. The zero-order valence-electron chi connectivity index (χ0n) is 18.8. The summed E-state index contributed by atoms with van der Waals surface area (Å²) in [4.78, 5) is 10.9. The molecule has 0 radical (unpaired) electrons. The molecule has 0 saturated carbocycles. The van der Waals surface area contributed by atoms with Crippen molar-refractivity contribution in [3.63, 3.8) is 0 Å². The lowest BCUT2D eigenvalue weighted by molar-refractivity contribution is 0.444. The lowest BCUT2D eigenvalue weighted by atomic mass is 9.93. The van der Waals surface area contributed by atoms with Gasteiger partial charge in [0.2, 0.25) is 4.87 Å². The molecule has 3 N–H and O–H groups in total. The summed E-state index contributed by atoms with van der Waals surface area (Å²) in [6, 6.07) is 12.0. The van der Waals surface area contributed by atoms with E-state index in [9.17, 15) is 22.9 Å². The van der Waals surface area contributed by atoms with Crippen LogP contribution in [0.25, 0.3) is 11.3 Å². The summed E-state index contributed by atoms with van der Waals surface area (Å²) in [6.45, 7) is 5.52. The van der Waals surface area contributed by atoms with Crippen LogP contribution in [0.5, 0.6) is 5.75 Å². The maximum Gasteiger partial charge on any atom is 0.299 e. The maximum atomic E-state index is 13.0. The van der Waals surface area contributed by atoms with Gasteiger partial charge in [0.15, 0.2) is 5.69 Å². The molecule has 0 fully saturated rings. The monoisotopic (exact) mass is 480 g/mol. The number of aromatic nitrogens is 2. The number of aromatic amines is 1. The van der Waals surface area contributed by atoms with Crippen molar-refractivity contribution in [1.29, 1.82) is 0 Å². The number of nitrogens with zero attached hydrogens (tertiary/aromatic N) is 3. The van der Waals surface area contributed by atoms with E-state index < -0.39 is 20.5 Å². The number of aromatic hydroxyl groups is 1. The summed E-state index contributed by atoms with van der Waals surface area (Å²) in [5.74, 6) is -0.0389. The average molecular weight is 481 g/mol. The van der Waals surface area contributed by atoms with Gasteiger partial charge in [0.05, 0.1) is 11.4 Å². The number of azo groups is 1. The van der Waals surface area contributed by atoms with Gasteiger partial charge in [-0.1, -0.05) is 36.4 Å². The topological polar surface area (TPSA) is 137 Å². The largest absolute Gasteiger partial charge is 0.507 e. The maximum absolute atomic E-state index is 13.0. The van der Waals surface area contributed by atoms with Crippen molar-refractivity contribution in [2.24, 2.45) is 10.2 Å². The predicted octanol–water partition coefficient (Wildman–Crippen LogP) is 4.51. The number of nitrogens with one attached hydrogen (secondary N) is 1. The normalized spacial score (nSPS) is 18.4. The SMILES string of the molecule is Cc1ccc(-n2[nH]c(C)c(N=NC3(S(=O)(=O)O)C=CC=C(c4ccccc4O)C3)c2=O)cc1C. The van der Waals surface area contributed by atoms with E-state index in [1.165, 1.54) is 22.9 Å². The van der Waals surface area contributed by atoms with E-state index in [1.807, 2.05) is 26.0 Å². The molecular formula is C24H24N4O5S. The molecule has 0 saturated heterocycles. The number of benzene rings is 2. The molecule has 10 heteroatoms. The molecular weight excluding hydrogens is 456 g/mol. The van der Waals surface area contributed by atoms with Crippen LogP contribution in [0.4, 0.5) is 5.69 Å². The van der Waals surface area contributed by atoms with Crippen LogP contribution in [0, 0.1) is 20.8 Å². The second-order valence-electron chi connectivity index (χ2n) is 8.26. The highest BCUT2D eigenvalue weighted by Gasteiger charge is 2.44. The molecule has 0 amide bonds. The first kappa shape index (κ1) is 23.4. The first-order valence-corrected chi connectivity index (χ1v) is 11.9. The van der Waals surface area contributed by atoms with Crippen LogP contribution in [0.1, 0.15) is 28.8 Å². The van der Waals surface area contributed by atoms with E-state index in [1.54, 1.807) is 37.3 Å². The quantitative estimate of drug-likeness (QED) is 0.364. The zero-order valence-corrected chi connectivity index (χ0v) is 19.7.